The molecule has 84 valence electrons. The van der Waals surface area contributed by atoms with Gasteiger partial charge in [0.1, 0.15) is 5.76 Å². The Kier molecular flexibility index (Phi) is 4.30. The molecule has 0 fully saturated rings. The van der Waals surface area contributed by atoms with Crippen molar-refractivity contribution in [2.45, 2.75) is 19.9 Å². The molecule has 5 heteroatoms. The first-order valence-corrected chi connectivity index (χ1v) is 4.98. The molecule has 0 saturated carbocycles. The van der Waals surface area contributed by atoms with E-state index in [2.05, 4.69) is 10.3 Å². The largest absolute Gasteiger partial charge is 0.444 e. The van der Waals surface area contributed by atoms with Gasteiger partial charge < -0.3 is 9.32 Å². The van der Waals surface area contributed by atoms with Gasteiger partial charge in [-0.3, -0.25) is 10.1 Å². The lowest BCUT2D eigenvalue weighted by Crippen LogP contribution is -2.32. The van der Waals surface area contributed by atoms with Gasteiger partial charge in [0.05, 0.1) is 19.3 Å². The lowest BCUT2D eigenvalue weighted by Gasteiger charge is -2.09. The van der Waals surface area contributed by atoms with E-state index in [-0.39, 0.29) is 5.91 Å². The van der Waals surface area contributed by atoms with E-state index in [0.29, 0.717) is 19.0 Å². The van der Waals surface area contributed by atoms with Crippen molar-refractivity contribution in [3.05, 3.63) is 17.8 Å². The van der Waals surface area contributed by atoms with Crippen LogP contribution in [0.5, 0.6) is 0 Å². The van der Waals surface area contributed by atoms with Crippen LogP contribution >= 0.6 is 0 Å². The van der Waals surface area contributed by atoms with E-state index in [9.17, 15) is 4.79 Å². The second-order valence-electron chi connectivity index (χ2n) is 3.47. The number of hydrogen-bond donors (Lipinski definition) is 1. The first-order chi connectivity index (χ1) is 7.13. The lowest BCUT2D eigenvalue weighted by atomic mass is 10.4. The first kappa shape index (κ1) is 11.7. The molecule has 15 heavy (non-hydrogen) atoms. The maximum absolute atomic E-state index is 11.2. The van der Waals surface area contributed by atoms with Gasteiger partial charge in [0, 0.05) is 20.5 Å². The van der Waals surface area contributed by atoms with Crippen molar-refractivity contribution in [2.75, 3.05) is 20.6 Å². The van der Waals surface area contributed by atoms with Gasteiger partial charge in [0.25, 0.3) is 0 Å². The molecule has 0 unspecified atom stereocenters. The van der Waals surface area contributed by atoms with Gasteiger partial charge in [-0.2, -0.15) is 0 Å². The number of carbonyl (C=O) groups is 1. The van der Waals surface area contributed by atoms with Crippen LogP contribution in [0.15, 0.2) is 10.6 Å². The van der Waals surface area contributed by atoms with Crippen LogP contribution in [0.1, 0.15) is 18.6 Å². The SMILES string of the molecule is CCc1cnc(CNCC(=O)N(C)C)o1. The van der Waals surface area contributed by atoms with Crippen molar-refractivity contribution < 1.29 is 9.21 Å². The molecule has 0 aliphatic rings. The fraction of sp³-hybridized carbons (Fsp3) is 0.600. The fourth-order valence-electron chi connectivity index (χ4n) is 1.03. The number of aryl methyl sites for hydroxylation is 1. The standard InChI is InChI=1S/C10H17N3O2/c1-4-8-5-12-9(15-8)6-11-7-10(14)13(2)3/h5,11H,4,6-7H2,1-3H3. The Morgan fingerprint density at radius 2 is 2.33 bits per heavy atom. The predicted octanol–water partition coefficient (Wildman–Crippen LogP) is 0.415. The minimum Gasteiger partial charge on any atom is -0.444 e. The molecule has 0 atom stereocenters. The average Bonchev–Trinajstić information content (AvgIpc) is 2.65. The zero-order valence-corrected chi connectivity index (χ0v) is 9.41. The van der Waals surface area contributed by atoms with E-state index in [4.69, 9.17) is 4.42 Å². The third kappa shape index (κ3) is 3.71. The molecule has 1 amide bonds. The molecule has 0 aliphatic carbocycles. The average molecular weight is 211 g/mol. The minimum absolute atomic E-state index is 0.0391. The number of carbonyl (C=O) groups excluding carboxylic acids is 1. The van der Waals surface area contributed by atoms with E-state index in [1.54, 1.807) is 25.2 Å². The Bertz CT molecular complexity index is 320. The smallest absolute Gasteiger partial charge is 0.236 e. The molecule has 1 heterocycles. The Labute approximate surface area is 89.5 Å². The lowest BCUT2D eigenvalue weighted by molar-refractivity contribution is -0.127. The molecule has 1 aromatic rings. The van der Waals surface area contributed by atoms with Gasteiger partial charge in [-0.05, 0) is 0 Å². The summed E-state index contributed by atoms with van der Waals surface area (Å²) in [4.78, 5) is 16.8. The second kappa shape index (κ2) is 5.50. The summed E-state index contributed by atoms with van der Waals surface area (Å²) in [5, 5.41) is 2.97. The Balaban J connectivity index is 2.28. The van der Waals surface area contributed by atoms with Crippen LogP contribution in [-0.2, 0) is 17.8 Å². The number of likely N-dealkylation sites (N-methyl/N-ethyl adjacent to an activating group) is 1. The highest BCUT2D eigenvalue weighted by Crippen LogP contribution is 2.03. The van der Waals surface area contributed by atoms with Gasteiger partial charge in [-0.15, -0.1) is 0 Å². The van der Waals surface area contributed by atoms with Crippen LogP contribution in [0, 0.1) is 0 Å². The van der Waals surface area contributed by atoms with Gasteiger partial charge in [0.2, 0.25) is 11.8 Å². The highest BCUT2D eigenvalue weighted by atomic mass is 16.4. The number of aromatic nitrogens is 1. The van der Waals surface area contributed by atoms with Crippen LogP contribution in [0.25, 0.3) is 0 Å². The number of rotatable bonds is 5. The molecule has 0 aromatic carbocycles. The van der Waals surface area contributed by atoms with Crippen LogP contribution in [0.2, 0.25) is 0 Å². The van der Waals surface area contributed by atoms with Crippen molar-refractivity contribution in [2.24, 2.45) is 0 Å². The van der Waals surface area contributed by atoms with E-state index in [0.717, 1.165) is 12.2 Å². The Morgan fingerprint density at radius 1 is 1.60 bits per heavy atom. The monoisotopic (exact) mass is 211 g/mol. The van der Waals surface area contributed by atoms with E-state index in [1.165, 1.54) is 0 Å². The van der Waals surface area contributed by atoms with Gasteiger partial charge in [0.15, 0.2) is 0 Å². The zero-order chi connectivity index (χ0) is 11.3. The summed E-state index contributed by atoms with van der Waals surface area (Å²) in [5.74, 6) is 1.53. The summed E-state index contributed by atoms with van der Waals surface area (Å²) in [6.45, 7) is 2.80. The highest BCUT2D eigenvalue weighted by Gasteiger charge is 2.05. The quantitative estimate of drug-likeness (QED) is 0.766. The van der Waals surface area contributed by atoms with Crippen molar-refractivity contribution in [3.8, 4) is 0 Å². The number of hydrogen-bond acceptors (Lipinski definition) is 4. The summed E-state index contributed by atoms with van der Waals surface area (Å²) < 4.78 is 5.38. The van der Waals surface area contributed by atoms with Crippen LogP contribution in [-0.4, -0.2) is 36.4 Å². The van der Waals surface area contributed by atoms with E-state index >= 15 is 0 Å². The van der Waals surface area contributed by atoms with E-state index < -0.39 is 0 Å². The Morgan fingerprint density at radius 3 is 2.87 bits per heavy atom. The number of amides is 1. The third-order valence-corrected chi connectivity index (χ3v) is 2.00. The van der Waals surface area contributed by atoms with Crippen molar-refractivity contribution in [1.29, 1.82) is 0 Å². The molecule has 0 spiro atoms. The van der Waals surface area contributed by atoms with E-state index in [1.807, 2.05) is 6.92 Å². The van der Waals surface area contributed by atoms with Crippen LogP contribution in [0.4, 0.5) is 0 Å². The molecule has 1 aromatic heterocycles. The van der Waals surface area contributed by atoms with Crippen molar-refractivity contribution in [1.82, 2.24) is 15.2 Å². The molecule has 1 N–H and O–H groups in total. The molecule has 0 saturated heterocycles. The maximum atomic E-state index is 11.2. The fourth-order valence-corrected chi connectivity index (χ4v) is 1.03. The van der Waals surface area contributed by atoms with Crippen molar-refractivity contribution in [3.63, 3.8) is 0 Å². The minimum atomic E-state index is 0.0391. The van der Waals surface area contributed by atoms with Crippen LogP contribution in [0.3, 0.4) is 0 Å². The molecule has 5 nitrogen and oxygen atoms in total. The summed E-state index contributed by atoms with van der Waals surface area (Å²) in [5.41, 5.74) is 0. The Hall–Kier alpha value is -1.36. The maximum Gasteiger partial charge on any atom is 0.236 e. The first-order valence-electron chi connectivity index (χ1n) is 4.98. The van der Waals surface area contributed by atoms with Crippen molar-refractivity contribution >= 4 is 5.91 Å². The van der Waals surface area contributed by atoms with Crippen LogP contribution < -0.4 is 5.32 Å². The molecule has 0 aliphatic heterocycles. The highest BCUT2D eigenvalue weighted by molar-refractivity contribution is 5.77. The number of oxazole rings is 1. The molecule has 0 radical (unpaired) electrons. The van der Waals surface area contributed by atoms with Gasteiger partial charge in [-0.1, -0.05) is 6.92 Å². The summed E-state index contributed by atoms with van der Waals surface area (Å²) in [6, 6.07) is 0. The zero-order valence-electron chi connectivity index (χ0n) is 9.41. The topological polar surface area (TPSA) is 58.4 Å². The number of nitrogens with zero attached hydrogens (tertiary/aromatic N) is 2. The summed E-state index contributed by atoms with van der Waals surface area (Å²) in [7, 11) is 3.45. The van der Waals surface area contributed by atoms with Gasteiger partial charge >= 0.3 is 0 Å². The molecular formula is C10H17N3O2. The normalized spacial score (nSPS) is 10.3. The second-order valence-corrected chi connectivity index (χ2v) is 3.47. The predicted molar refractivity (Wildman–Crippen MR) is 56.3 cm³/mol. The number of nitrogens with one attached hydrogen (secondary N) is 1. The molecular weight excluding hydrogens is 194 g/mol. The summed E-state index contributed by atoms with van der Waals surface area (Å²) in [6.07, 6.45) is 2.55. The molecule has 0 bridgehead atoms. The third-order valence-electron chi connectivity index (χ3n) is 2.00. The van der Waals surface area contributed by atoms with Gasteiger partial charge in [-0.25, -0.2) is 4.98 Å². The molecule has 1 rings (SSSR count). The summed E-state index contributed by atoms with van der Waals surface area (Å²) >= 11 is 0.